The van der Waals surface area contributed by atoms with E-state index in [2.05, 4.69) is 26.0 Å². The second-order valence-corrected chi connectivity index (χ2v) is 12.8. The Morgan fingerprint density at radius 1 is 1.03 bits per heavy atom. The van der Waals surface area contributed by atoms with Crippen molar-refractivity contribution >= 4 is 32.0 Å². The van der Waals surface area contributed by atoms with Crippen LogP contribution in [0.2, 0.25) is 0 Å². The van der Waals surface area contributed by atoms with Gasteiger partial charge in [-0.15, -0.1) is 0 Å². The summed E-state index contributed by atoms with van der Waals surface area (Å²) in [5.41, 5.74) is 3.33. The fraction of sp³-hybridized carbons (Fsp3) is 0.448. The largest absolute Gasteiger partial charge is 0.493 e. The van der Waals surface area contributed by atoms with Gasteiger partial charge in [0.15, 0.2) is 5.65 Å². The Kier molecular flexibility index (Phi) is 7.19. The average molecular weight is 545 g/mol. The number of benzene rings is 1. The molecule has 1 aliphatic carbocycles. The minimum Gasteiger partial charge on any atom is -0.493 e. The van der Waals surface area contributed by atoms with Crippen molar-refractivity contribution in [1.82, 2.24) is 24.2 Å². The number of nitrogens with one attached hydrogen (secondary N) is 1. The number of ether oxygens (including phenoxy) is 1. The summed E-state index contributed by atoms with van der Waals surface area (Å²) in [5, 5.41) is 11.1. The highest BCUT2D eigenvalue weighted by molar-refractivity contribution is 7.89. The molecule has 0 spiro atoms. The lowest BCUT2D eigenvalue weighted by atomic mass is 9.80. The quantitative estimate of drug-likeness (QED) is 0.355. The van der Waals surface area contributed by atoms with Crippen LogP contribution >= 0.6 is 0 Å². The topological polar surface area (TPSA) is 125 Å². The lowest BCUT2D eigenvalue weighted by Crippen LogP contribution is -2.43. The molecule has 202 valence electrons. The number of aromatic amines is 1. The summed E-state index contributed by atoms with van der Waals surface area (Å²) < 4.78 is 34.4. The lowest BCUT2D eigenvalue weighted by molar-refractivity contribution is 0.179. The third-order valence-electron chi connectivity index (χ3n) is 8.25. The third-order valence-corrected chi connectivity index (χ3v) is 10.3. The molecule has 4 aromatic rings. The summed E-state index contributed by atoms with van der Waals surface area (Å²) in [7, 11) is -3.34. The second kappa shape index (κ2) is 10.9. The highest BCUT2D eigenvalue weighted by Gasteiger charge is 2.33. The highest BCUT2D eigenvalue weighted by Crippen LogP contribution is 2.39. The monoisotopic (exact) mass is 544 g/mol. The first-order chi connectivity index (χ1) is 19.0. The molecule has 1 N–H and O–H groups in total. The Labute approximate surface area is 228 Å². The Balaban J connectivity index is 1.06. The van der Waals surface area contributed by atoms with Gasteiger partial charge in [-0.1, -0.05) is 0 Å². The summed E-state index contributed by atoms with van der Waals surface area (Å²) in [6.07, 6.45) is 10.7. The van der Waals surface area contributed by atoms with Gasteiger partial charge in [-0.3, -0.25) is 0 Å². The molecule has 1 aromatic carbocycles. The van der Waals surface area contributed by atoms with E-state index in [0.717, 1.165) is 66.2 Å². The lowest BCUT2D eigenvalue weighted by Gasteiger charge is -2.34. The van der Waals surface area contributed by atoms with Gasteiger partial charge in [0.1, 0.15) is 5.75 Å². The maximum Gasteiger partial charge on any atom is 0.214 e. The number of fused-ring (bicyclic) bond motifs is 3. The molecule has 1 unspecified atom stereocenters. The molecule has 2 aliphatic rings. The molecule has 1 saturated heterocycles. The number of H-pyrrole nitrogens is 1. The normalized spacial score (nSPS) is 22.6. The first kappa shape index (κ1) is 25.7. The van der Waals surface area contributed by atoms with E-state index in [-0.39, 0.29) is 17.6 Å². The fourth-order valence-corrected chi connectivity index (χ4v) is 8.16. The molecule has 3 aromatic heterocycles. The molecule has 6 rings (SSSR count). The fourth-order valence-electron chi connectivity index (χ4n) is 6.17. The maximum atomic E-state index is 13.4. The van der Waals surface area contributed by atoms with Crippen molar-refractivity contribution in [3.05, 3.63) is 60.3 Å². The summed E-state index contributed by atoms with van der Waals surface area (Å²) >= 11 is 0. The van der Waals surface area contributed by atoms with Gasteiger partial charge in [0.05, 0.1) is 42.0 Å². The molecule has 0 amide bonds. The summed E-state index contributed by atoms with van der Waals surface area (Å²) in [6, 6.07) is 11.1. The van der Waals surface area contributed by atoms with Crippen LogP contribution in [-0.2, 0) is 10.0 Å². The van der Waals surface area contributed by atoms with Gasteiger partial charge in [-0.2, -0.15) is 5.26 Å². The molecular weight excluding hydrogens is 512 g/mol. The van der Waals surface area contributed by atoms with E-state index >= 15 is 0 Å². The molecule has 9 nitrogen and oxygen atoms in total. The van der Waals surface area contributed by atoms with E-state index in [1.165, 1.54) is 0 Å². The van der Waals surface area contributed by atoms with Crippen LogP contribution in [0.15, 0.2) is 49.1 Å². The van der Waals surface area contributed by atoms with E-state index in [0.29, 0.717) is 36.9 Å². The summed E-state index contributed by atoms with van der Waals surface area (Å²) in [5.74, 6) is 1.57. The smallest absolute Gasteiger partial charge is 0.214 e. The van der Waals surface area contributed by atoms with Crippen LogP contribution in [0.5, 0.6) is 5.75 Å². The average Bonchev–Trinajstić information content (AvgIpc) is 3.46. The summed E-state index contributed by atoms with van der Waals surface area (Å²) in [6.45, 7) is 1.56. The van der Waals surface area contributed by atoms with Crippen LogP contribution in [0.3, 0.4) is 0 Å². The van der Waals surface area contributed by atoms with E-state index in [4.69, 9.17) is 10.00 Å². The zero-order valence-electron chi connectivity index (χ0n) is 21.8. The van der Waals surface area contributed by atoms with Crippen LogP contribution in [0, 0.1) is 23.2 Å². The van der Waals surface area contributed by atoms with Crippen molar-refractivity contribution in [2.75, 3.05) is 25.4 Å². The molecule has 0 radical (unpaired) electrons. The van der Waals surface area contributed by atoms with Crippen LogP contribution < -0.4 is 4.74 Å². The maximum absolute atomic E-state index is 13.4. The molecule has 1 atom stereocenters. The first-order valence-electron chi connectivity index (χ1n) is 13.7. The predicted molar refractivity (Wildman–Crippen MR) is 149 cm³/mol. The number of rotatable bonds is 7. The number of nitriles is 1. The minimum atomic E-state index is -3.34. The molecule has 39 heavy (non-hydrogen) atoms. The van der Waals surface area contributed by atoms with E-state index in [1.54, 1.807) is 47.3 Å². The predicted octanol–water partition coefficient (Wildman–Crippen LogP) is 4.77. The molecule has 0 bridgehead atoms. The van der Waals surface area contributed by atoms with Crippen molar-refractivity contribution in [3.8, 4) is 11.8 Å². The van der Waals surface area contributed by atoms with Crippen molar-refractivity contribution < 1.29 is 13.2 Å². The highest BCUT2D eigenvalue weighted by atomic mass is 32.2. The number of pyridine rings is 1. The first-order valence-corrected chi connectivity index (χ1v) is 15.3. The van der Waals surface area contributed by atoms with Gasteiger partial charge in [0, 0.05) is 41.7 Å². The molecule has 1 saturated carbocycles. The van der Waals surface area contributed by atoms with Gasteiger partial charge in [-0.05, 0) is 80.7 Å². The molecular formula is C29H32N6O3S. The van der Waals surface area contributed by atoms with Crippen molar-refractivity contribution in [2.24, 2.45) is 11.8 Å². The Hall–Kier alpha value is -3.55. The second-order valence-electron chi connectivity index (χ2n) is 10.8. The van der Waals surface area contributed by atoms with Crippen LogP contribution in [-0.4, -0.2) is 58.1 Å². The Bertz CT molecular complexity index is 1600. The van der Waals surface area contributed by atoms with E-state index in [9.17, 15) is 8.42 Å². The van der Waals surface area contributed by atoms with Gasteiger partial charge in [0.2, 0.25) is 10.0 Å². The van der Waals surface area contributed by atoms with Gasteiger partial charge >= 0.3 is 0 Å². The molecule has 1 aliphatic heterocycles. The Morgan fingerprint density at radius 2 is 1.85 bits per heavy atom. The van der Waals surface area contributed by atoms with Crippen LogP contribution in [0.4, 0.5) is 0 Å². The van der Waals surface area contributed by atoms with E-state index < -0.39 is 10.0 Å². The molecule has 4 heterocycles. The number of hydrogen-bond acceptors (Lipinski definition) is 7. The van der Waals surface area contributed by atoms with Crippen LogP contribution in [0.25, 0.3) is 21.9 Å². The van der Waals surface area contributed by atoms with E-state index in [1.807, 2.05) is 6.07 Å². The molecule has 2 fully saturated rings. The summed E-state index contributed by atoms with van der Waals surface area (Å²) in [4.78, 5) is 16.6. The number of sulfonamides is 1. The van der Waals surface area contributed by atoms with Crippen molar-refractivity contribution in [3.63, 3.8) is 0 Å². The zero-order valence-corrected chi connectivity index (χ0v) is 22.6. The van der Waals surface area contributed by atoms with Gasteiger partial charge < -0.3 is 9.72 Å². The Morgan fingerprint density at radius 3 is 2.64 bits per heavy atom. The van der Waals surface area contributed by atoms with Crippen molar-refractivity contribution in [2.45, 2.75) is 44.4 Å². The standard InChI is InChI=1S/C29H32N6O3S/c30-14-20-5-9-24(10-6-20)38-17-22-2-1-13-35(16-22)39(36,37)18-21-3-7-23(8-4-21)28-27-25-11-12-31-29(25)32-15-26(27)33-19-34-28/h5-6,9-12,15,19,21-23H,1-4,7-8,13,16-18H2,(H,33,34). The number of hydrogen-bond donors (Lipinski definition) is 1. The number of nitrogens with zero attached hydrogens (tertiary/aromatic N) is 5. The SMILES string of the molecule is N#Cc1ccc(OCC2CCCN(S(=O)(=O)CC3CCC(c4[nH]cnc5cnc6nccc6c45)CC3)C2)cc1. The zero-order chi connectivity index (χ0) is 26.8. The van der Waals surface area contributed by atoms with Crippen molar-refractivity contribution in [1.29, 1.82) is 5.26 Å². The third kappa shape index (κ3) is 5.47. The number of piperidine rings is 1. The van der Waals surface area contributed by atoms with Crippen LogP contribution in [0.1, 0.15) is 55.7 Å². The minimum absolute atomic E-state index is 0.160. The van der Waals surface area contributed by atoms with Gasteiger partial charge in [0.25, 0.3) is 0 Å². The number of aromatic nitrogens is 4. The van der Waals surface area contributed by atoms with Gasteiger partial charge in [-0.25, -0.2) is 27.7 Å². The molecule has 10 heteroatoms.